The fourth-order valence-corrected chi connectivity index (χ4v) is 2.52. The van der Waals surface area contributed by atoms with Crippen molar-refractivity contribution in [3.63, 3.8) is 0 Å². The molecule has 1 unspecified atom stereocenters. The van der Waals surface area contributed by atoms with Crippen LogP contribution in [0.5, 0.6) is 0 Å². The Bertz CT molecular complexity index is 590. The minimum Gasteiger partial charge on any atom is -0.383 e. The van der Waals surface area contributed by atoms with E-state index in [1.165, 1.54) is 5.56 Å². The van der Waals surface area contributed by atoms with Crippen molar-refractivity contribution in [2.45, 2.75) is 26.9 Å². The highest BCUT2D eigenvalue weighted by Crippen LogP contribution is 2.32. The molecule has 3 nitrogen and oxygen atoms in total. The molecule has 0 spiro atoms. The zero-order valence-electron chi connectivity index (χ0n) is 11.0. The van der Waals surface area contributed by atoms with Gasteiger partial charge in [0.25, 0.3) is 0 Å². The highest BCUT2D eigenvalue weighted by atomic mass is 35.5. The lowest BCUT2D eigenvalue weighted by Gasteiger charge is -2.14. The Hall–Kier alpha value is -1.32. The highest BCUT2D eigenvalue weighted by Gasteiger charge is 2.22. The molecule has 0 aliphatic carbocycles. The maximum Gasteiger partial charge on any atom is 0.133 e. The molecule has 2 rings (SSSR count). The van der Waals surface area contributed by atoms with Crippen LogP contribution in [0.2, 0.25) is 5.15 Å². The van der Waals surface area contributed by atoms with Crippen LogP contribution in [0, 0.1) is 20.8 Å². The van der Waals surface area contributed by atoms with Crippen LogP contribution in [0.1, 0.15) is 34.1 Å². The summed E-state index contributed by atoms with van der Waals surface area (Å²) >= 11 is 6.18. The third kappa shape index (κ3) is 2.16. The summed E-state index contributed by atoms with van der Waals surface area (Å²) in [6, 6.07) is 5.99. The summed E-state index contributed by atoms with van der Waals surface area (Å²) in [5, 5.41) is 15.2. The number of aliphatic hydroxyl groups is 1. The zero-order chi connectivity index (χ0) is 13.4. The first-order valence-corrected chi connectivity index (χ1v) is 6.23. The molecule has 0 aliphatic rings. The van der Waals surface area contributed by atoms with Crippen LogP contribution in [0.15, 0.2) is 18.2 Å². The van der Waals surface area contributed by atoms with Crippen molar-refractivity contribution in [3.8, 4) is 0 Å². The Morgan fingerprint density at radius 1 is 1.28 bits per heavy atom. The molecule has 2 aromatic rings. The second-order valence-electron chi connectivity index (χ2n) is 4.68. The third-order valence-corrected chi connectivity index (χ3v) is 3.64. The summed E-state index contributed by atoms with van der Waals surface area (Å²) in [6.07, 6.45) is -0.730. The third-order valence-electron chi connectivity index (χ3n) is 3.19. The van der Waals surface area contributed by atoms with Crippen LogP contribution in [0.3, 0.4) is 0 Å². The van der Waals surface area contributed by atoms with Crippen LogP contribution in [-0.2, 0) is 7.05 Å². The molecule has 1 N–H and O–H groups in total. The normalized spacial score (nSPS) is 12.8. The molecule has 0 radical (unpaired) electrons. The molecular weight excluding hydrogens is 248 g/mol. The molecular formula is C14H17ClN2O. The molecule has 1 heterocycles. The van der Waals surface area contributed by atoms with Crippen LogP contribution < -0.4 is 0 Å². The van der Waals surface area contributed by atoms with E-state index in [-0.39, 0.29) is 0 Å². The maximum absolute atomic E-state index is 10.5. The second kappa shape index (κ2) is 4.75. The lowest BCUT2D eigenvalue weighted by molar-refractivity contribution is 0.219. The summed E-state index contributed by atoms with van der Waals surface area (Å²) in [4.78, 5) is 0. The van der Waals surface area contributed by atoms with Crippen molar-refractivity contribution >= 4 is 11.6 Å². The van der Waals surface area contributed by atoms with E-state index >= 15 is 0 Å². The van der Waals surface area contributed by atoms with Gasteiger partial charge in [-0.15, -0.1) is 0 Å². The standard InChI is InChI=1S/C14H17ClN2O/c1-8-5-6-11(9(2)7-8)13(18)12-10(3)16-17(4)14(12)15/h5-7,13,18H,1-4H3. The number of rotatable bonds is 2. The van der Waals surface area contributed by atoms with Crippen LogP contribution in [-0.4, -0.2) is 14.9 Å². The molecule has 1 atom stereocenters. The van der Waals surface area contributed by atoms with E-state index in [9.17, 15) is 5.11 Å². The zero-order valence-corrected chi connectivity index (χ0v) is 11.8. The SMILES string of the molecule is Cc1ccc(C(O)c2c(C)nn(C)c2Cl)c(C)c1. The number of aliphatic hydroxyl groups excluding tert-OH is 1. The van der Waals surface area contributed by atoms with Gasteiger partial charge in [0.05, 0.1) is 5.69 Å². The molecule has 4 heteroatoms. The predicted molar refractivity (Wildman–Crippen MR) is 72.9 cm³/mol. The Labute approximate surface area is 112 Å². The van der Waals surface area contributed by atoms with Crippen molar-refractivity contribution in [3.05, 3.63) is 51.3 Å². The summed E-state index contributed by atoms with van der Waals surface area (Å²) < 4.78 is 1.58. The van der Waals surface area contributed by atoms with Crippen molar-refractivity contribution in [1.29, 1.82) is 0 Å². The van der Waals surface area contributed by atoms with Gasteiger partial charge in [0.2, 0.25) is 0 Å². The number of halogens is 1. The number of hydrogen-bond acceptors (Lipinski definition) is 2. The van der Waals surface area contributed by atoms with Crippen LogP contribution in [0.4, 0.5) is 0 Å². The van der Waals surface area contributed by atoms with Gasteiger partial charge in [0, 0.05) is 12.6 Å². The number of hydrogen-bond donors (Lipinski definition) is 1. The molecule has 0 saturated heterocycles. The Morgan fingerprint density at radius 3 is 2.44 bits per heavy atom. The fourth-order valence-electron chi connectivity index (χ4n) is 2.24. The van der Waals surface area contributed by atoms with Gasteiger partial charge in [-0.3, -0.25) is 4.68 Å². The fraction of sp³-hybridized carbons (Fsp3) is 0.357. The number of benzene rings is 1. The summed E-state index contributed by atoms with van der Waals surface area (Å²) in [5.41, 5.74) is 4.55. The van der Waals surface area contributed by atoms with E-state index in [4.69, 9.17) is 11.6 Å². The average molecular weight is 265 g/mol. The van der Waals surface area contributed by atoms with Crippen molar-refractivity contribution in [1.82, 2.24) is 9.78 Å². The lowest BCUT2D eigenvalue weighted by atomic mass is 9.96. The van der Waals surface area contributed by atoms with Gasteiger partial charge in [-0.1, -0.05) is 35.4 Å². The van der Waals surface area contributed by atoms with E-state index < -0.39 is 6.10 Å². The van der Waals surface area contributed by atoms with Crippen LogP contribution in [0.25, 0.3) is 0 Å². The number of nitrogens with zero attached hydrogens (tertiary/aromatic N) is 2. The second-order valence-corrected chi connectivity index (χ2v) is 5.03. The first kappa shape index (κ1) is 13.1. The topological polar surface area (TPSA) is 38.1 Å². The van der Waals surface area contributed by atoms with Gasteiger partial charge in [-0.05, 0) is 31.9 Å². The van der Waals surface area contributed by atoms with Crippen molar-refractivity contribution < 1.29 is 5.11 Å². The molecule has 1 aromatic heterocycles. The minimum atomic E-state index is -0.730. The van der Waals surface area contributed by atoms with Crippen molar-refractivity contribution in [2.24, 2.45) is 7.05 Å². The maximum atomic E-state index is 10.5. The van der Waals surface area contributed by atoms with Gasteiger partial charge >= 0.3 is 0 Å². The van der Waals surface area contributed by atoms with Gasteiger partial charge in [-0.2, -0.15) is 5.10 Å². The van der Waals surface area contributed by atoms with E-state index in [1.54, 1.807) is 11.7 Å². The summed E-state index contributed by atoms with van der Waals surface area (Å²) in [6.45, 7) is 5.88. The average Bonchev–Trinajstić information content (AvgIpc) is 2.52. The molecule has 0 fully saturated rings. The van der Waals surface area contributed by atoms with E-state index in [0.717, 1.165) is 16.8 Å². The van der Waals surface area contributed by atoms with Crippen LogP contribution >= 0.6 is 11.6 Å². The lowest BCUT2D eigenvalue weighted by Crippen LogP contribution is -2.03. The molecule has 0 aliphatic heterocycles. The number of aryl methyl sites for hydroxylation is 4. The molecule has 18 heavy (non-hydrogen) atoms. The van der Waals surface area contributed by atoms with E-state index in [1.807, 2.05) is 32.9 Å². The van der Waals surface area contributed by atoms with Gasteiger partial charge in [-0.25, -0.2) is 0 Å². The molecule has 96 valence electrons. The summed E-state index contributed by atoms with van der Waals surface area (Å²) in [7, 11) is 1.77. The smallest absolute Gasteiger partial charge is 0.133 e. The first-order chi connectivity index (χ1) is 8.41. The minimum absolute atomic E-state index is 0.486. The highest BCUT2D eigenvalue weighted by molar-refractivity contribution is 6.30. The number of aromatic nitrogens is 2. The van der Waals surface area contributed by atoms with Gasteiger partial charge in [0.15, 0.2) is 0 Å². The molecule has 0 saturated carbocycles. The van der Waals surface area contributed by atoms with Crippen molar-refractivity contribution in [2.75, 3.05) is 0 Å². The van der Waals surface area contributed by atoms with Gasteiger partial charge < -0.3 is 5.11 Å². The first-order valence-electron chi connectivity index (χ1n) is 5.86. The monoisotopic (exact) mass is 264 g/mol. The Morgan fingerprint density at radius 2 is 1.94 bits per heavy atom. The molecule has 1 aromatic carbocycles. The van der Waals surface area contributed by atoms with E-state index in [0.29, 0.717) is 10.7 Å². The van der Waals surface area contributed by atoms with E-state index in [2.05, 4.69) is 11.2 Å². The quantitative estimate of drug-likeness (QED) is 0.905. The largest absolute Gasteiger partial charge is 0.383 e. The predicted octanol–water partition coefficient (Wildman–Crippen LogP) is 3.08. The van der Waals surface area contributed by atoms with Gasteiger partial charge in [0.1, 0.15) is 11.3 Å². The Balaban J connectivity index is 2.51. The molecule has 0 amide bonds. The Kier molecular flexibility index (Phi) is 3.46. The summed E-state index contributed by atoms with van der Waals surface area (Å²) in [5.74, 6) is 0. The molecule has 0 bridgehead atoms.